The van der Waals surface area contributed by atoms with E-state index in [0.29, 0.717) is 17.1 Å². The molecule has 0 fully saturated rings. The molecule has 2 aromatic carbocycles. The Balaban J connectivity index is 2.12. The Morgan fingerprint density at radius 2 is 1.88 bits per heavy atom. The second-order valence-corrected chi connectivity index (χ2v) is 5.50. The van der Waals surface area contributed by atoms with Crippen molar-refractivity contribution in [2.75, 3.05) is 32.7 Å². The fraction of sp³-hybridized carbons (Fsp3) is 0.200. The van der Waals surface area contributed by atoms with E-state index < -0.39 is 0 Å². The van der Waals surface area contributed by atoms with Gasteiger partial charge >= 0.3 is 0 Å². The maximum absolute atomic E-state index is 12.3. The fourth-order valence-electron chi connectivity index (χ4n) is 2.21. The zero-order chi connectivity index (χ0) is 18.2. The minimum absolute atomic E-state index is 0.0486. The highest BCUT2D eigenvalue weighted by atomic mass is 16.5. The molecule has 25 heavy (non-hydrogen) atoms. The maximum Gasteiger partial charge on any atom is 0.185 e. The summed E-state index contributed by atoms with van der Waals surface area (Å²) in [6, 6.07) is 14.6. The molecule has 0 heterocycles. The highest BCUT2D eigenvalue weighted by Crippen LogP contribution is 2.28. The van der Waals surface area contributed by atoms with Crippen LogP contribution in [0.3, 0.4) is 0 Å². The van der Waals surface area contributed by atoms with Crippen molar-refractivity contribution in [3.8, 4) is 17.6 Å². The molecule has 0 aliphatic rings. The van der Waals surface area contributed by atoms with Crippen LogP contribution in [0.25, 0.3) is 6.08 Å². The number of methoxy groups -OCH3 is 1. The van der Waals surface area contributed by atoms with Crippen LogP contribution in [0.5, 0.6) is 11.5 Å². The molecule has 0 aromatic heterocycles. The zero-order valence-electron chi connectivity index (χ0n) is 14.5. The number of ketones is 1. The number of anilines is 1. The lowest BCUT2D eigenvalue weighted by Crippen LogP contribution is -2.08. The minimum atomic E-state index is -0.0749. The first-order valence-electron chi connectivity index (χ1n) is 7.72. The number of nitriles is 1. The molecular formula is C20H20N2O3. The van der Waals surface area contributed by atoms with E-state index in [2.05, 4.69) is 0 Å². The van der Waals surface area contributed by atoms with Crippen molar-refractivity contribution in [3.63, 3.8) is 0 Å². The molecule has 128 valence electrons. The molecule has 2 aromatic rings. The second kappa shape index (κ2) is 8.55. The van der Waals surface area contributed by atoms with Crippen molar-refractivity contribution >= 4 is 17.5 Å². The molecule has 0 aliphatic heterocycles. The lowest BCUT2D eigenvalue weighted by atomic mass is 10.1. The van der Waals surface area contributed by atoms with Crippen LogP contribution in [0.2, 0.25) is 0 Å². The summed E-state index contributed by atoms with van der Waals surface area (Å²) in [5.41, 5.74) is 2.47. The Hall–Kier alpha value is -3.26. The number of carbonyl (C=O) groups is 1. The van der Waals surface area contributed by atoms with Crippen molar-refractivity contribution in [3.05, 3.63) is 59.7 Å². The Bertz CT molecular complexity index is 803. The summed E-state index contributed by atoms with van der Waals surface area (Å²) >= 11 is 0. The van der Waals surface area contributed by atoms with Crippen molar-refractivity contribution < 1.29 is 14.3 Å². The molecule has 2 rings (SSSR count). The van der Waals surface area contributed by atoms with Crippen LogP contribution in [-0.4, -0.2) is 33.6 Å². The average molecular weight is 336 g/mol. The number of allylic oxidation sites excluding steroid dienone is 1. The molecule has 5 heteroatoms. The number of hydrogen-bond donors (Lipinski definition) is 0. The molecule has 0 atom stereocenters. The number of benzene rings is 2. The van der Waals surface area contributed by atoms with Gasteiger partial charge in [-0.3, -0.25) is 4.79 Å². The first-order valence-corrected chi connectivity index (χ1v) is 7.72. The van der Waals surface area contributed by atoms with Crippen molar-refractivity contribution in [1.82, 2.24) is 0 Å². The van der Waals surface area contributed by atoms with Gasteiger partial charge in [-0.1, -0.05) is 12.1 Å². The van der Waals surface area contributed by atoms with E-state index in [1.54, 1.807) is 36.4 Å². The first kappa shape index (κ1) is 18.1. The van der Waals surface area contributed by atoms with E-state index in [-0.39, 0.29) is 12.4 Å². The van der Waals surface area contributed by atoms with Crippen LogP contribution in [-0.2, 0) is 0 Å². The monoisotopic (exact) mass is 336 g/mol. The van der Waals surface area contributed by atoms with Gasteiger partial charge < -0.3 is 14.4 Å². The van der Waals surface area contributed by atoms with Crippen LogP contribution in [0.4, 0.5) is 5.69 Å². The van der Waals surface area contributed by atoms with E-state index in [9.17, 15) is 4.79 Å². The van der Waals surface area contributed by atoms with Gasteiger partial charge in [0, 0.05) is 25.3 Å². The highest BCUT2D eigenvalue weighted by Gasteiger charge is 2.06. The Morgan fingerprint density at radius 1 is 1.16 bits per heavy atom. The predicted octanol–water partition coefficient (Wildman–Crippen LogP) is 3.56. The van der Waals surface area contributed by atoms with E-state index in [4.69, 9.17) is 14.7 Å². The van der Waals surface area contributed by atoms with Gasteiger partial charge in [0.25, 0.3) is 0 Å². The van der Waals surface area contributed by atoms with Gasteiger partial charge in [-0.25, -0.2) is 0 Å². The van der Waals surface area contributed by atoms with Gasteiger partial charge in [-0.05, 0) is 48.0 Å². The third-order valence-electron chi connectivity index (χ3n) is 3.58. The van der Waals surface area contributed by atoms with E-state index in [1.807, 2.05) is 37.2 Å². The average Bonchev–Trinajstić information content (AvgIpc) is 2.64. The number of rotatable bonds is 7. The lowest BCUT2D eigenvalue weighted by Gasteiger charge is -2.11. The normalized spacial score (nSPS) is 10.3. The number of hydrogen-bond acceptors (Lipinski definition) is 5. The summed E-state index contributed by atoms with van der Waals surface area (Å²) in [6.07, 6.45) is 3.24. The van der Waals surface area contributed by atoms with E-state index >= 15 is 0 Å². The van der Waals surface area contributed by atoms with Gasteiger partial charge in [0.15, 0.2) is 23.9 Å². The van der Waals surface area contributed by atoms with Crippen molar-refractivity contribution in [2.45, 2.75) is 0 Å². The van der Waals surface area contributed by atoms with Crippen LogP contribution in [0.1, 0.15) is 15.9 Å². The Kier molecular flexibility index (Phi) is 6.19. The van der Waals surface area contributed by atoms with Crippen LogP contribution < -0.4 is 14.4 Å². The van der Waals surface area contributed by atoms with Gasteiger partial charge in [-0.15, -0.1) is 0 Å². The third-order valence-corrected chi connectivity index (χ3v) is 3.58. The van der Waals surface area contributed by atoms with Gasteiger partial charge in [0.2, 0.25) is 0 Å². The van der Waals surface area contributed by atoms with E-state index in [0.717, 1.165) is 11.3 Å². The summed E-state index contributed by atoms with van der Waals surface area (Å²) in [6.45, 7) is -0.0486. The minimum Gasteiger partial charge on any atom is -0.493 e. The molecule has 0 amide bonds. The number of nitrogens with zero attached hydrogens (tertiary/aromatic N) is 2. The summed E-state index contributed by atoms with van der Waals surface area (Å²) in [4.78, 5) is 14.2. The number of carbonyl (C=O) groups excluding carboxylic acids is 1. The molecule has 0 unspecified atom stereocenters. The smallest absolute Gasteiger partial charge is 0.185 e. The second-order valence-electron chi connectivity index (χ2n) is 5.50. The fourth-order valence-corrected chi connectivity index (χ4v) is 2.21. The summed E-state index contributed by atoms with van der Waals surface area (Å²) < 4.78 is 10.5. The first-order chi connectivity index (χ1) is 12.0. The predicted molar refractivity (Wildman–Crippen MR) is 98.2 cm³/mol. The molecule has 5 nitrogen and oxygen atoms in total. The molecule has 0 saturated heterocycles. The topological polar surface area (TPSA) is 62.6 Å². The molecule has 0 spiro atoms. The molecule has 0 bridgehead atoms. The van der Waals surface area contributed by atoms with Crippen LogP contribution in [0.15, 0.2) is 48.5 Å². The Morgan fingerprint density at radius 3 is 2.48 bits per heavy atom. The molecule has 0 saturated carbocycles. The molecule has 0 radical (unpaired) electrons. The summed E-state index contributed by atoms with van der Waals surface area (Å²) in [5, 5.41) is 8.58. The molecular weight excluding hydrogens is 316 g/mol. The van der Waals surface area contributed by atoms with E-state index in [1.165, 1.54) is 13.2 Å². The quantitative estimate of drug-likeness (QED) is 0.571. The van der Waals surface area contributed by atoms with Crippen LogP contribution >= 0.6 is 0 Å². The van der Waals surface area contributed by atoms with Crippen LogP contribution in [0, 0.1) is 11.3 Å². The largest absolute Gasteiger partial charge is 0.493 e. The van der Waals surface area contributed by atoms with Crippen molar-refractivity contribution in [2.24, 2.45) is 0 Å². The standard InChI is InChI=1S/C20H20N2O3/c1-22(2)17-8-6-16(7-9-17)18(23)10-4-15-5-11-19(25-13-12-21)20(14-15)24-3/h4-11,14H,13H2,1-3H3/b10-4+. The van der Waals surface area contributed by atoms with Gasteiger partial charge in [0.05, 0.1) is 7.11 Å². The zero-order valence-corrected chi connectivity index (χ0v) is 14.5. The number of ether oxygens (including phenoxy) is 2. The lowest BCUT2D eigenvalue weighted by molar-refractivity contribution is 0.104. The third kappa shape index (κ3) is 4.85. The Labute approximate surface area is 147 Å². The van der Waals surface area contributed by atoms with Gasteiger partial charge in [0.1, 0.15) is 6.07 Å². The van der Waals surface area contributed by atoms with Crippen molar-refractivity contribution in [1.29, 1.82) is 5.26 Å². The molecule has 0 N–H and O–H groups in total. The highest BCUT2D eigenvalue weighted by molar-refractivity contribution is 6.07. The summed E-state index contributed by atoms with van der Waals surface area (Å²) in [5.74, 6) is 0.932. The molecule has 0 aliphatic carbocycles. The SMILES string of the molecule is COc1cc(/C=C/C(=O)c2ccc(N(C)C)cc2)ccc1OCC#N. The summed E-state index contributed by atoms with van der Waals surface area (Å²) in [7, 11) is 5.43. The van der Waals surface area contributed by atoms with Gasteiger partial charge in [-0.2, -0.15) is 5.26 Å². The maximum atomic E-state index is 12.3.